The van der Waals surface area contributed by atoms with Gasteiger partial charge in [-0.05, 0) is 31.9 Å². The summed E-state index contributed by atoms with van der Waals surface area (Å²) in [7, 11) is 1.85. The maximum Gasteiger partial charge on any atom is 0.244 e. The van der Waals surface area contributed by atoms with Gasteiger partial charge in [0.15, 0.2) is 0 Å². The summed E-state index contributed by atoms with van der Waals surface area (Å²) in [4.78, 5) is 33.4. The molecular formula is C21H32N4O2. The average Bonchev–Trinajstić information content (AvgIpc) is 2.72. The summed E-state index contributed by atoms with van der Waals surface area (Å²) < 4.78 is 0. The molecule has 0 unspecified atom stereocenters. The third kappa shape index (κ3) is 4.87. The number of piperazine rings is 1. The number of para-hydroxylation sites is 1. The molecule has 2 aliphatic heterocycles. The highest BCUT2D eigenvalue weighted by Gasteiger charge is 2.35. The summed E-state index contributed by atoms with van der Waals surface area (Å²) in [6, 6.07) is 9.99. The molecule has 1 atom stereocenters. The second-order valence-corrected chi connectivity index (χ2v) is 7.52. The number of hydrogen-bond acceptors (Lipinski definition) is 4. The minimum absolute atomic E-state index is 0.00559. The van der Waals surface area contributed by atoms with Crippen molar-refractivity contribution in [3.8, 4) is 0 Å². The fourth-order valence-corrected chi connectivity index (χ4v) is 3.98. The van der Waals surface area contributed by atoms with Crippen LogP contribution in [-0.4, -0.2) is 85.4 Å². The highest BCUT2D eigenvalue weighted by Crippen LogP contribution is 2.24. The number of nitrogens with zero attached hydrogens (tertiary/aromatic N) is 4. The lowest BCUT2D eigenvalue weighted by Crippen LogP contribution is -2.58. The van der Waals surface area contributed by atoms with Gasteiger partial charge in [-0.2, -0.15) is 0 Å². The summed E-state index contributed by atoms with van der Waals surface area (Å²) in [5.41, 5.74) is 1.00. The van der Waals surface area contributed by atoms with Gasteiger partial charge in [-0.25, -0.2) is 0 Å². The number of anilines is 1. The van der Waals surface area contributed by atoms with Crippen LogP contribution in [0.1, 0.15) is 26.2 Å². The van der Waals surface area contributed by atoms with Crippen LogP contribution in [0, 0.1) is 0 Å². The number of hydrogen-bond donors (Lipinski definition) is 0. The topological polar surface area (TPSA) is 47.1 Å². The molecule has 0 aliphatic carbocycles. The van der Waals surface area contributed by atoms with E-state index in [-0.39, 0.29) is 17.9 Å². The van der Waals surface area contributed by atoms with E-state index in [0.29, 0.717) is 6.42 Å². The molecule has 6 heteroatoms. The van der Waals surface area contributed by atoms with E-state index in [1.807, 2.05) is 49.2 Å². The Morgan fingerprint density at radius 3 is 2.48 bits per heavy atom. The second kappa shape index (κ2) is 9.33. The van der Waals surface area contributed by atoms with Crippen molar-refractivity contribution in [2.24, 2.45) is 0 Å². The van der Waals surface area contributed by atoms with E-state index in [0.717, 1.165) is 64.3 Å². The summed E-state index contributed by atoms with van der Waals surface area (Å²) >= 11 is 0. The molecule has 0 radical (unpaired) electrons. The van der Waals surface area contributed by atoms with E-state index < -0.39 is 0 Å². The van der Waals surface area contributed by atoms with Crippen molar-refractivity contribution in [3.63, 3.8) is 0 Å². The van der Waals surface area contributed by atoms with Gasteiger partial charge in [0.25, 0.3) is 0 Å². The molecule has 2 aliphatic rings. The zero-order valence-corrected chi connectivity index (χ0v) is 16.6. The number of carbonyl (C=O) groups is 2. The molecule has 6 nitrogen and oxygen atoms in total. The molecule has 2 saturated heterocycles. The molecule has 27 heavy (non-hydrogen) atoms. The smallest absolute Gasteiger partial charge is 0.244 e. The van der Waals surface area contributed by atoms with Gasteiger partial charge in [-0.3, -0.25) is 14.5 Å². The predicted molar refractivity (Wildman–Crippen MR) is 108 cm³/mol. The van der Waals surface area contributed by atoms with E-state index in [1.165, 1.54) is 0 Å². The zero-order chi connectivity index (χ0) is 19.2. The van der Waals surface area contributed by atoms with Crippen LogP contribution in [0.2, 0.25) is 0 Å². The SMILES string of the molecule is CCN(C)C(=O)CCN1CCN([C@H]2CCCN(c3ccccc3)C2=O)CC1. The first-order valence-corrected chi connectivity index (χ1v) is 10.2. The van der Waals surface area contributed by atoms with Crippen LogP contribution in [0.15, 0.2) is 30.3 Å². The fraction of sp³-hybridized carbons (Fsp3) is 0.619. The van der Waals surface area contributed by atoms with Crippen LogP contribution in [0.25, 0.3) is 0 Å². The molecule has 0 bridgehead atoms. The Bertz CT molecular complexity index is 628. The van der Waals surface area contributed by atoms with Crippen LogP contribution < -0.4 is 4.90 Å². The maximum atomic E-state index is 13.1. The largest absolute Gasteiger partial charge is 0.346 e. The van der Waals surface area contributed by atoms with E-state index in [4.69, 9.17) is 0 Å². The van der Waals surface area contributed by atoms with E-state index in [9.17, 15) is 9.59 Å². The van der Waals surface area contributed by atoms with Crippen LogP contribution in [0.3, 0.4) is 0 Å². The summed E-state index contributed by atoms with van der Waals surface area (Å²) in [6.45, 7) is 8.03. The first-order chi connectivity index (χ1) is 13.1. The molecule has 2 amide bonds. The minimum Gasteiger partial charge on any atom is -0.346 e. The van der Waals surface area contributed by atoms with E-state index in [1.54, 1.807) is 4.90 Å². The molecule has 3 rings (SSSR count). The third-order valence-electron chi connectivity index (χ3n) is 5.87. The number of benzene rings is 1. The molecule has 0 spiro atoms. The van der Waals surface area contributed by atoms with Crippen LogP contribution in [-0.2, 0) is 9.59 Å². The molecular weight excluding hydrogens is 340 g/mol. The Hall–Kier alpha value is -1.92. The molecule has 0 N–H and O–H groups in total. The zero-order valence-electron chi connectivity index (χ0n) is 16.6. The predicted octanol–water partition coefficient (Wildman–Crippen LogP) is 1.67. The minimum atomic E-state index is -0.00559. The van der Waals surface area contributed by atoms with Gasteiger partial charge in [0.2, 0.25) is 11.8 Å². The van der Waals surface area contributed by atoms with Crippen molar-refractivity contribution in [1.29, 1.82) is 0 Å². The fourth-order valence-electron chi connectivity index (χ4n) is 3.98. The first kappa shape index (κ1) is 19.8. The van der Waals surface area contributed by atoms with Crippen molar-refractivity contribution >= 4 is 17.5 Å². The van der Waals surface area contributed by atoms with Crippen LogP contribution in [0.5, 0.6) is 0 Å². The van der Waals surface area contributed by atoms with Gasteiger partial charge in [0, 0.05) is 65.0 Å². The van der Waals surface area contributed by atoms with Gasteiger partial charge >= 0.3 is 0 Å². The lowest BCUT2D eigenvalue weighted by atomic mass is 10.0. The molecule has 0 aromatic heterocycles. The number of amides is 2. The van der Waals surface area contributed by atoms with Crippen molar-refractivity contribution in [2.45, 2.75) is 32.2 Å². The summed E-state index contributed by atoms with van der Waals surface area (Å²) in [5.74, 6) is 0.446. The molecule has 2 heterocycles. The highest BCUT2D eigenvalue weighted by atomic mass is 16.2. The maximum absolute atomic E-state index is 13.1. The summed E-state index contributed by atoms with van der Waals surface area (Å²) in [6.07, 6.45) is 2.57. The Kier molecular flexibility index (Phi) is 6.85. The Labute approximate surface area is 162 Å². The Morgan fingerprint density at radius 2 is 1.81 bits per heavy atom. The lowest BCUT2D eigenvalue weighted by molar-refractivity contribution is -0.130. The van der Waals surface area contributed by atoms with Gasteiger partial charge in [0.1, 0.15) is 0 Å². The van der Waals surface area contributed by atoms with Crippen molar-refractivity contribution in [2.75, 3.05) is 57.8 Å². The molecule has 0 saturated carbocycles. The molecule has 1 aromatic carbocycles. The van der Waals surface area contributed by atoms with E-state index >= 15 is 0 Å². The van der Waals surface area contributed by atoms with Gasteiger partial charge < -0.3 is 14.7 Å². The van der Waals surface area contributed by atoms with Gasteiger partial charge in [-0.15, -0.1) is 0 Å². The monoisotopic (exact) mass is 372 g/mol. The Balaban J connectivity index is 1.50. The second-order valence-electron chi connectivity index (χ2n) is 7.52. The van der Waals surface area contributed by atoms with Gasteiger partial charge in [-0.1, -0.05) is 18.2 Å². The van der Waals surface area contributed by atoms with Crippen molar-refractivity contribution in [1.82, 2.24) is 14.7 Å². The number of carbonyl (C=O) groups excluding carboxylic acids is 2. The molecule has 148 valence electrons. The van der Waals surface area contributed by atoms with Crippen molar-refractivity contribution < 1.29 is 9.59 Å². The molecule has 1 aromatic rings. The average molecular weight is 373 g/mol. The van der Waals surface area contributed by atoms with Crippen molar-refractivity contribution in [3.05, 3.63) is 30.3 Å². The standard InChI is InChI=1S/C21H32N4O2/c1-3-22(2)20(26)11-13-23-14-16-24(17-15-23)19-10-7-12-25(21(19)27)18-8-5-4-6-9-18/h4-6,8-9,19H,3,7,10-17H2,1-2H3/t19-/m0/s1. The number of piperidine rings is 1. The van der Waals surface area contributed by atoms with E-state index in [2.05, 4.69) is 9.80 Å². The quantitative estimate of drug-likeness (QED) is 0.762. The Morgan fingerprint density at radius 1 is 1.11 bits per heavy atom. The highest BCUT2D eigenvalue weighted by molar-refractivity contribution is 5.97. The summed E-state index contributed by atoms with van der Waals surface area (Å²) in [5, 5.41) is 0. The van der Waals surface area contributed by atoms with Crippen LogP contribution in [0.4, 0.5) is 5.69 Å². The first-order valence-electron chi connectivity index (χ1n) is 10.2. The van der Waals surface area contributed by atoms with Crippen LogP contribution >= 0.6 is 0 Å². The molecule has 2 fully saturated rings. The lowest BCUT2D eigenvalue weighted by Gasteiger charge is -2.42. The normalized spacial score (nSPS) is 22.1. The number of rotatable bonds is 6. The van der Waals surface area contributed by atoms with Gasteiger partial charge in [0.05, 0.1) is 6.04 Å². The third-order valence-corrected chi connectivity index (χ3v) is 5.87.